The molecule has 158 valence electrons. The van der Waals surface area contributed by atoms with E-state index in [9.17, 15) is 14.4 Å². The Labute approximate surface area is 166 Å². The molecule has 0 spiro atoms. The highest BCUT2D eigenvalue weighted by molar-refractivity contribution is 5.73. The maximum absolute atomic E-state index is 10.8. The van der Waals surface area contributed by atoms with Gasteiger partial charge < -0.3 is 15.1 Å². The molecule has 0 aromatic heterocycles. The molecule has 0 atom stereocenters. The lowest BCUT2D eigenvalue weighted by Crippen LogP contribution is -2.34. The molecule has 0 saturated carbocycles. The molecule has 0 bridgehead atoms. The van der Waals surface area contributed by atoms with Gasteiger partial charge in [0.1, 0.15) is 0 Å². The average molecular weight is 384 g/mol. The summed E-state index contributed by atoms with van der Waals surface area (Å²) in [7, 11) is 0. The molecule has 2 rings (SSSR count). The summed E-state index contributed by atoms with van der Waals surface area (Å²) >= 11 is 0. The van der Waals surface area contributed by atoms with Crippen LogP contribution in [0, 0.1) is 0 Å². The molecule has 1 N–H and O–H groups in total. The Morgan fingerprint density at radius 1 is 0.852 bits per heavy atom. The number of hydrogen-bond acceptors (Lipinski definition) is 3. The minimum atomic E-state index is 0.0394. The van der Waals surface area contributed by atoms with E-state index in [-0.39, 0.29) is 17.7 Å². The predicted molar refractivity (Wildman–Crippen MR) is 112 cm³/mol. The third-order valence-electron chi connectivity index (χ3n) is 4.14. The van der Waals surface area contributed by atoms with E-state index in [1.54, 1.807) is 13.8 Å². The van der Waals surface area contributed by atoms with Crippen LogP contribution in [-0.4, -0.2) is 60.2 Å². The van der Waals surface area contributed by atoms with Crippen LogP contribution >= 0.6 is 0 Å². The highest BCUT2D eigenvalue weighted by Gasteiger charge is 2.13. The normalized spacial score (nSPS) is 15.7. The SMILES string of the molecule is C=C1CCN(C(C)=O)CC1.CC.CC(=O)N1CCCCC1.CCNC(C)=O. The van der Waals surface area contributed by atoms with Crippen molar-refractivity contribution in [1.29, 1.82) is 0 Å². The number of nitrogens with one attached hydrogen (secondary N) is 1. The largest absolute Gasteiger partial charge is 0.357 e. The topological polar surface area (TPSA) is 69.7 Å². The molecule has 2 saturated heterocycles. The first-order valence-electron chi connectivity index (χ1n) is 10.2. The zero-order valence-corrected chi connectivity index (χ0v) is 18.4. The molecule has 0 aliphatic carbocycles. The lowest BCUT2D eigenvalue weighted by Gasteiger charge is -2.26. The third-order valence-corrected chi connectivity index (χ3v) is 4.14. The van der Waals surface area contributed by atoms with E-state index in [1.807, 2.05) is 30.6 Å². The first-order chi connectivity index (χ1) is 12.8. The number of likely N-dealkylation sites (tertiary alicyclic amines) is 2. The fourth-order valence-electron chi connectivity index (χ4n) is 2.60. The van der Waals surface area contributed by atoms with Crippen LogP contribution < -0.4 is 5.32 Å². The summed E-state index contributed by atoms with van der Waals surface area (Å²) in [6, 6.07) is 0. The average Bonchev–Trinajstić information content (AvgIpc) is 2.65. The smallest absolute Gasteiger partial charge is 0.219 e. The number of hydrogen-bond donors (Lipinski definition) is 1. The first kappa shape index (κ1) is 27.4. The van der Waals surface area contributed by atoms with Gasteiger partial charge in [-0.25, -0.2) is 0 Å². The third kappa shape index (κ3) is 16.1. The van der Waals surface area contributed by atoms with Crippen molar-refractivity contribution in [3.8, 4) is 0 Å². The number of nitrogens with zero attached hydrogens (tertiary/aromatic N) is 2. The van der Waals surface area contributed by atoms with Crippen LogP contribution in [-0.2, 0) is 14.4 Å². The number of carbonyl (C=O) groups excluding carboxylic acids is 3. The van der Waals surface area contributed by atoms with Crippen LogP contribution in [0.1, 0.15) is 73.6 Å². The Hall–Kier alpha value is -1.85. The highest BCUT2D eigenvalue weighted by Crippen LogP contribution is 2.13. The Kier molecular flexibility index (Phi) is 17.8. The van der Waals surface area contributed by atoms with Gasteiger partial charge in [-0.3, -0.25) is 14.4 Å². The van der Waals surface area contributed by atoms with Crippen LogP contribution in [0.15, 0.2) is 12.2 Å². The summed E-state index contributed by atoms with van der Waals surface area (Å²) in [5.41, 5.74) is 1.28. The van der Waals surface area contributed by atoms with Crippen molar-refractivity contribution in [2.75, 3.05) is 32.7 Å². The number of amides is 3. The van der Waals surface area contributed by atoms with Crippen molar-refractivity contribution in [1.82, 2.24) is 15.1 Å². The fourth-order valence-corrected chi connectivity index (χ4v) is 2.60. The fraction of sp³-hybridized carbons (Fsp3) is 0.762. The van der Waals surface area contributed by atoms with Gasteiger partial charge in [0.2, 0.25) is 17.7 Å². The van der Waals surface area contributed by atoms with Crippen molar-refractivity contribution < 1.29 is 14.4 Å². The van der Waals surface area contributed by atoms with Gasteiger partial charge >= 0.3 is 0 Å². The molecule has 2 fully saturated rings. The predicted octanol–water partition coefficient (Wildman–Crippen LogP) is 3.37. The summed E-state index contributed by atoms with van der Waals surface area (Å²) in [6.45, 7) is 19.0. The Bertz CT molecular complexity index is 434. The molecule has 2 heterocycles. The van der Waals surface area contributed by atoms with Gasteiger partial charge in [-0.15, -0.1) is 0 Å². The van der Waals surface area contributed by atoms with Gasteiger partial charge in [0.15, 0.2) is 0 Å². The zero-order chi connectivity index (χ0) is 21.2. The quantitative estimate of drug-likeness (QED) is 0.706. The molecule has 6 nitrogen and oxygen atoms in total. The van der Waals surface area contributed by atoms with Crippen molar-refractivity contribution in [3.05, 3.63) is 12.2 Å². The van der Waals surface area contributed by atoms with E-state index in [4.69, 9.17) is 0 Å². The van der Waals surface area contributed by atoms with E-state index < -0.39 is 0 Å². The monoisotopic (exact) mass is 383 g/mol. The molecule has 2 aliphatic rings. The van der Waals surface area contributed by atoms with E-state index in [1.165, 1.54) is 31.8 Å². The van der Waals surface area contributed by atoms with Crippen LogP contribution in [0.5, 0.6) is 0 Å². The minimum absolute atomic E-state index is 0.0394. The summed E-state index contributed by atoms with van der Waals surface area (Å²) in [5.74, 6) is 0.458. The second-order valence-electron chi connectivity index (χ2n) is 6.41. The van der Waals surface area contributed by atoms with Crippen LogP contribution in [0.2, 0.25) is 0 Å². The maximum Gasteiger partial charge on any atom is 0.219 e. The molecule has 6 heteroatoms. The summed E-state index contributed by atoms with van der Waals surface area (Å²) in [4.78, 5) is 35.2. The van der Waals surface area contributed by atoms with Gasteiger partial charge in [-0.1, -0.05) is 26.0 Å². The molecule has 27 heavy (non-hydrogen) atoms. The van der Waals surface area contributed by atoms with Gasteiger partial charge in [0.25, 0.3) is 0 Å². The van der Waals surface area contributed by atoms with Crippen molar-refractivity contribution in [3.63, 3.8) is 0 Å². The molecule has 0 aromatic carbocycles. The first-order valence-corrected chi connectivity index (χ1v) is 10.2. The van der Waals surface area contributed by atoms with Gasteiger partial charge in [0.05, 0.1) is 0 Å². The van der Waals surface area contributed by atoms with E-state index in [2.05, 4.69) is 11.9 Å². The lowest BCUT2D eigenvalue weighted by molar-refractivity contribution is -0.130. The molecular weight excluding hydrogens is 342 g/mol. The van der Waals surface area contributed by atoms with Gasteiger partial charge in [-0.2, -0.15) is 0 Å². The zero-order valence-electron chi connectivity index (χ0n) is 18.4. The number of rotatable bonds is 1. The van der Waals surface area contributed by atoms with Gasteiger partial charge in [0, 0.05) is 53.5 Å². The molecule has 0 aromatic rings. The van der Waals surface area contributed by atoms with Crippen molar-refractivity contribution in [2.45, 2.75) is 73.6 Å². The standard InChI is InChI=1S/C8H13NO.C7H13NO.C4H9NO.C2H6/c1-7-3-5-9(6-4-7)8(2)10;1-7(9)8-5-3-2-4-6-8;1-3-5-4(2)6;1-2/h1,3-6H2,2H3;2-6H2,1H3;3H2,1-2H3,(H,5,6);1-2H3. The van der Waals surface area contributed by atoms with Crippen molar-refractivity contribution >= 4 is 17.7 Å². The number of piperidine rings is 2. The van der Waals surface area contributed by atoms with Crippen LogP contribution in [0.3, 0.4) is 0 Å². The Morgan fingerprint density at radius 3 is 1.52 bits per heavy atom. The minimum Gasteiger partial charge on any atom is -0.357 e. The summed E-state index contributed by atoms with van der Waals surface area (Å²) in [5, 5.41) is 2.57. The number of carbonyl (C=O) groups is 3. The van der Waals surface area contributed by atoms with E-state index in [0.717, 1.165) is 45.6 Å². The summed E-state index contributed by atoms with van der Waals surface area (Å²) < 4.78 is 0. The van der Waals surface area contributed by atoms with Crippen molar-refractivity contribution in [2.24, 2.45) is 0 Å². The molecule has 0 unspecified atom stereocenters. The van der Waals surface area contributed by atoms with Crippen LogP contribution in [0.4, 0.5) is 0 Å². The molecular formula is C21H41N3O3. The second kappa shape index (κ2) is 17.6. The highest BCUT2D eigenvalue weighted by atomic mass is 16.2. The Balaban J connectivity index is 0. The lowest BCUT2D eigenvalue weighted by atomic mass is 10.1. The summed E-state index contributed by atoms with van der Waals surface area (Å²) in [6.07, 6.45) is 5.65. The maximum atomic E-state index is 10.8. The molecule has 0 radical (unpaired) electrons. The second-order valence-corrected chi connectivity index (χ2v) is 6.41. The molecule has 2 aliphatic heterocycles. The van der Waals surface area contributed by atoms with Gasteiger partial charge in [-0.05, 0) is 39.0 Å². The molecule has 3 amide bonds. The van der Waals surface area contributed by atoms with E-state index in [0.29, 0.717) is 0 Å². The Morgan fingerprint density at radius 2 is 1.26 bits per heavy atom. The van der Waals surface area contributed by atoms with E-state index >= 15 is 0 Å². The van der Waals surface area contributed by atoms with Crippen LogP contribution in [0.25, 0.3) is 0 Å².